The van der Waals surface area contributed by atoms with E-state index in [2.05, 4.69) is 88.4 Å². The molecule has 0 bridgehead atoms. The zero-order valence-corrected chi connectivity index (χ0v) is 33.0. The van der Waals surface area contributed by atoms with E-state index in [4.69, 9.17) is 0 Å². The Bertz CT molecular complexity index is 1050. The Morgan fingerprint density at radius 1 is 0.531 bits per heavy atom. The van der Waals surface area contributed by atoms with Crippen LogP contribution in [0.3, 0.4) is 0 Å². The number of benzene rings is 2. The van der Waals surface area contributed by atoms with Crippen molar-refractivity contribution >= 4 is 52.2 Å². The molecule has 0 spiro atoms. The molecule has 0 aliphatic carbocycles. The summed E-state index contributed by atoms with van der Waals surface area (Å²) in [7, 11) is 0. The molecule has 0 aliphatic rings. The average molecular weight is 786 g/mol. The number of rotatable bonds is 24. The van der Waals surface area contributed by atoms with Gasteiger partial charge in [-0.05, 0) is 75.0 Å². The van der Waals surface area contributed by atoms with E-state index in [-0.39, 0.29) is 12.8 Å². The molecular formula is C40H58O8Sn. The van der Waals surface area contributed by atoms with Crippen LogP contribution in [0.5, 0.6) is 0 Å². The molecule has 8 nitrogen and oxygen atoms in total. The van der Waals surface area contributed by atoms with Gasteiger partial charge in [-0.2, -0.15) is 0 Å². The van der Waals surface area contributed by atoms with E-state index in [1.54, 1.807) is 0 Å². The summed E-state index contributed by atoms with van der Waals surface area (Å²) in [6.07, 6.45) is 10.9. The van der Waals surface area contributed by atoms with Gasteiger partial charge in [0.2, 0.25) is 0 Å². The van der Waals surface area contributed by atoms with E-state index >= 15 is 0 Å². The summed E-state index contributed by atoms with van der Waals surface area (Å²) in [5, 5.41) is 42.6. The van der Waals surface area contributed by atoms with Crippen molar-refractivity contribution in [1.29, 1.82) is 0 Å². The summed E-state index contributed by atoms with van der Waals surface area (Å²) < 4.78 is 3.08. The third-order valence-corrected chi connectivity index (χ3v) is 12.2. The minimum absolute atomic E-state index is 0.0739. The molecule has 2 rings (SSSR count). The van der Waals surface area contributed by atoms with Crippen LogP contribution in [0, 0.1) is 23.7 Å². The van der Waals surface area contributed by atoms with Crippen molar-refractivity contribution in [3.8, 4) is 0 Å². The van der Waals surface area contributed by atoms with Crippen molar-refractivity contribution in [3.63, 3.8) is 0 Å². The maximum absolute atomic E-state index is 11.0. The average Bonchev–Trinajstić information content (AvgIpc) is 3.08. The second-order valence-corrected chi connectivity index (χ2v) is 16.7. The third kappa shape index (κ3) is 25.7. The Balaban J connectivity index is 0.000000713. The van der Waals surface area contributed by atoms with Crippen LogP contribution in [0.25, 0.3) is 0 Å². The summed E-state index contributed by atoms with van der Waals surface area (Å²) in [6, 6.07) is 21.6. The molecule has 49 heavy (non-hydrogen) atoms. The molecule has 270 valence electrons. The Morgan fingerprint density at radius 2 is 0.878 bits per heavy atom. The maximum atomic E-state index is 11.0. The second-order valence-electron chi connectivity index (χ2n) is 12.7. The molecule has 0 aromatic heterocycles. The van der Waals surface area contributed by atoms with Crippen LogP contribution >= 0.6 is 0 Å². The first kappa shape index (κ1) is 46.1. The number of carbonyl (C=O) groups is 4. The monoisotopic (exact) mass is 786 g/mol. The summed E-state index contributed by atoms with van der Waals surface area (Å²) in [5.41, 5.74) is 0. The number of carboxylic acids is 4. The quantitative estimate of drug-likeness (QED) is 0.147. The van der Waals surface area contributed by atoms with Gasteiger partial charge in [0.05, 0.1) is 0 Å². The van der Waals surface area contributed by atoms with Gasteiger partial charge in [-0.3, -0.25) is 0 Å². The summed E-state index contributed by atoms with van der Waals surface area (Å²) >= 11 is -0.517. The molecule has 4 unspecified atom stereocenters. The molecule has 0 amide bonds. The molecule has 9 heteroatoms. The van der Waals surface area contributed by atoms with Gasteiger partial charge in [0.25, 0.3) is 0 Å². The fourth-order valence-electron chi connectivity index (χ4n) is 5.63. The van der Waals surface area contributed by atoms with E-state index in [1.807, 2.05) is 0 Å². The molecule has 0 aliphatic heterocycles. The molecule has 2 aromatic carbocycles. The van der Waals surface area contributed by atoms with Crippen LogP contribution < -0.4 is 27.6 Å². The topological polar surface area (TPSA) is 161 Å². The molecule has 0 fully saturated rings. The molecule has 0 saturated heterocycles. The minimum atomic E-state index is -1.12. The molecule has 4 atom stereocenters. The predicted octanol–water partition coefficient (Wildman–Crippen LogP) is 3.10. The number of hydrogen-bond donors (Lipinski definition) is 0. The first-order valence-electron chi connectivity index (χ1n) is 18.1. The summed E-state index contributed by atoms with van der Waals surface area (Å²) in [5.74, 6) is -4.59. The Kier molecular flexibility index (Phi) is 28.2. The van der Waals surface area contributed by atoms with Crippen molar-refractivity contribution in [2.45, 2.75) is 130 Å². The molecule has 6 radical (unpaired) electrons. The van der Waals surface area contributed by atoms with Gasteiger partial charge >= 0.3 is 89.0 Å². The Morgan fingerprint density at radius 3 is 1.14 bits per heavy atom. The van der Waals surface area contributed by atoms with Gasteiger partial charge in [0.1, 0.15) is 0 Å². The predicted molar refractivity (Wildman–Crippen MR) is 188 cm³/mol. The van der Waals surface area contributed by atoms with Crippen LogP contribution in [0.15, 0.2) is 60.7 Å². The van der Waals surface area contributed by atoms with Crippen LogP contribution in [0.4, 0.5) is 0 Å². The van der Waals surface area contributed by atoms with E-state index in [1.165, 1.54) is 7.16 Å². The van der Waals surface area contributed by atoms with Crippen molar-refractivity contribution in [2.75, 3.05) is 0 Å². The molecule has 0 N–H and O–H groups in total. The summed E-state index contributed by atoms with van der Waals surface area (Å²) in [6.45, 7) is 8.35. The zero-order chi connectivity index (χ0) is 36.9. The SMILES string of the molecule is CCCCC(CC)CC(CCCC(=O)[O-])C(=O)[O-].CCCCC(CC)CC(CCCC(=O)[O-])C(=O)[O-].c1cc[c]([Sn+4][c]2ccccc2)cc1. The molecule has 2 aromatic rings. The van der Waals surface area contributed by atoms with Crippen molar-refractivity contribution in [1.82, 2.24) is 0 Å². The van der Waals surface area contributed by atoms with Crippen LogP contribution in [0.1, 0.15) is 130 Å². The van der Waals surface area contributed by atoms with E-state index in [9.17, 15) is 39.6 Å². The van der Waals surface area contributed by atoms with Gasteiger partial charge < -0.3 is 39.6 Å². The van der Waals surface area contributed by atoms with Gasteiger partial charge in [0, 0.05) is 23.9 Å². The van der Waals surface area contributed by atoms with Gasteiger partial charge in [-0.25, -0.2) is 0 Å². The van der Waals surface area contributed by atoms with Gasteiger partial charge in [0.15, 0.2) is 0 Å². The van der Waals surface area contributed by atoms with Gasteiger partial charge in [-0.1, -0.05) is 79.1 Å². The van der Waals surface area contributed by atoms with E-state index in [0.29, 0.717) is 50.4 Å². The van der Waals surface area contributed by atoms with Crippen molar-refractivity contribution in [3.05, 3.63) is 60.7 Å². The van der Waals surface area contributed by atoms with Crippen LogP contribution in [-0.2, 0) is 19.2 Å². The molecular weight excluding hydrogens is 727 g/mol. The normalized spacial score (nSPS) is 13.0. The first-order valence-corrected chi connectivity index (χ1v) is 21.0. The van der Waals surface area contributed by atoms with E-state index < -0.39 is 56.9 Å². The van der Waals surface area contributed by atoms with E-state index in [0.717, 1.165) is 51.4 Å². The number of hydrogen-bond acceptors (Lipinski definition) is 8. The summed E-state index contributed by atoms with van der Waals surface area (Å²) in [4.78, 5) is 42.6. The number of carboxylic acid groups (broad SMARTS) is 4. The second kappa shape index (κ2) is 30.0. The fourth-order valence-corrected chi connectivity index (χ4v) is 8.63. The van der Waals surface area contributed by atoms with Crippen LogP contribution in [0.2, 0.25) is 0 Å². The van der Waals surface area contributed by atoms with Crippen molar-refractivity contribution in [2.24, 2.45) is 23.7 Å². The fraction of sp³-hybridized carbons (Fsp3) is 0.600. The molecule has 0 heterocycles. The van der Waals surface area contributed by atoms with Crippen molar-refractivity contribution < 1.29 is 39.6 Å². The third-order valence-electron chi connectivity index (χ3n) is 8.69. The molecule has 0 saturated carbocycles. The van der Waals surface area contributed by atoms with Crippen LogP contribution in [-0.4, -0.2) is 45.0 Å². The first-order chi connectivity index (χ1) is 23.5. The Labute approximate surface area is 305 Å². The number of carbonyl (C=O) groups excluding carboxylic acids is 4. The van der Waals surface area contributed by atoms with Gasteiger partial charge in [-0.15, -0.1) is 0 Å². The number of aliphatic carboxylic acids is 4. The zero-order valence-electron chi connectivity index (χ0n) is 30.2. The number of unbranched alkanes of at least 4 members (excludes halogenated alkanes) is 2. The Hall–Kier alpha value is -2.88. The standard InChI is InChI=1S/2C14H26O4.2C6H5.Sn/c2*1-3-5-7-11(4-2)10-12(14(17)18)8-6-9-13(15)16;2*1-2-4-6-5-3-1;/h2*11-12H,3-10H2,1-2H3,(H,15,16)(H,17,18);2*1-5H;/q;;;;+4/p-4.